The normalized spacial score (nSPS) is 11.2. The highest BCUT2D eigenvalue weighted by Gasteiger charge is 2.09. The average Bonchev–Trinajstić information content (AvgIpc) is 3.19. The first kappa shape index (κ1) is 21.4. The van der Waals surface area contributed by atoms with Crippen LogP contribution in [0.4, 0.5) is 11.4 Å². The maximum Gasteiger partial charge on any atom is 0.232 e. The van der Waals surface area contributed by atoms with Gasteiger partial charge in [0.15, 0.2) is 0 Å². The standard InChI is InChI=1S/C20H24N6O3S/c1-2-15-30(28,29)24-18-12-10-17(11-13-18)21-19(27)9-6-14-26-23-20(22-25-26)16-7-4-3-5-8-16/h3-5,7-8,10-13,24H,2,6,9,14-15H2,1H3,(H,21,27). The maximum atomic E-state index is 12.1. The van der Waals surface area contributed by atoms with Crippen molar-refractivity contribution in [2.45, 2.75) is 32.7 Å². The van der Waals surface area contributed by atoms with Gasteiger partial charge in [-0.1, -0.05) is 37.3 Å². The number of benzene rings is 2. The Labute approximate surface area is 175 Å². The molecule has 0 unspecified atom stereocenters. The van der Waals surface area contributed by atoms with E-state index < -0.39 is 10.0 Å². The van der Waals surface area contributed by atoms with Gasteiger partial charge in [-0.25, -0.2) is 8.42 Å². The fourth-order valence-corrected chi connectivity index (χ4v) is 3.90. The van der Waals surface area contributed by atoms with Crippen LogP contribution in [0.2, 0.25) is 0 Å². The molecule has 1 heterocycles. The molecule has 0 fully saturated rings. The van der Waals surface area contributed by atoms with E-state index in [0.29, 0.717) is 43.0 Å². The summed E-state index contributed by atoms with van der Waals surface area (Å²) in [6.45, 7) is 2.28. The summed E-state index contributed by atoms with van der Waals surface area (Å²) in [5.74, 6) is 0.478. The van der Waals surface area contributed by atoms with E-state index in [1.807, 2.05) is 30.3 Å². The zero-order valence-corrected chi connectivity index (χ0v) is 17.5. The van der Waals surface area contributed by atoms with Crippen LogP contribution in [0.3, 0.4) is 0 Å². The predicted octanol–water partition coefficient (Wildman–Crippen LogP) is 2.91. The van der Waals surface area contributed by atoms with Crippen LogP contribution in [0, 0.1) is 0 Å². The smallest absolute Gasteiger partial charge is 0.232 e. The van der Waals surface area contributed by atoms with Crippen molar-refractivity contribution < 1.29 is 13.2 Å². The number of nitrogens with zero attached hydrogens (tertiary/aromatic N) is 4. The molecule has 0 bridgehead atoms. The largest absolute Gasteiger partial charge is 0.326 e. The van der Waals surface area contributed by atoms with Crippen LogP contribution in [-0.2, 0) is 21.4 Å². The number of amides is 1. The number of aryl methyl sites for hydroxylation is 1. The number of hydrogen-bond donors (Lipinski definition) is 2. The summed E-state index contributed by atoms with van der Waals surface area (Å²) in [5, 5.41) is 15.2. The van der Waals surface area contributed by atoms with E-state index in [9.17, 15) is 13.2 Å². The molecule has 0 spiro atoms. The van der Waals surface area contributed by atoms with Crippen molar-refractivity contribution in [3.8, 4) is 11.4 Å². The first-order valence-corrected chi connectivity index (χ1v) is 11.3. The molecular weight excluding hydrogens is 404 g/mol. The van der Waals surface area contributed by atoms with Gasteiger partial charge in [0.25, 0.3) is 0 Å². The highest BCUT2D eigenvalue weighted by atomic mass is 32.2. The van der Waals surface area contributed by atoms with Crippen molar-refractivity contribution >= 4 is 27.3 Å². The fraction of sp³-hybridized carbons (Fsp3) is 0.300. The lowest BCUT2D eigenvalue weighted by Crippen LogP contribution is -2.16. The summed E-state index contributed by atoms with van der Waals surface area (Å²) < 4.78 is 26.1. The Morgan fingerprint density at radius 2 is 1.73 bits per heavy atom. The number of nitrogens with one attached hydrogen (secondary N) is 2. The van der Waals surface area contributed by atoms with E-state index in [2.05, 4.69) is 25.4 Å². The lowest BCUT2D eigenvalue weighted by molar-refractivity contribution is -0.116. The summed E-state index contributed by atoms with van der Waals surface area (Å²) in [7, 11) is -3.33. The van der Waals surface area contributed by atoms with Crippen molar-refractivity contribution in [3.05, 3.63) is 54.6 Å². The molecular formula is C20H24N6O3S. The topological polar surface area (TPSA) is 119 Å². The quantitative estimate of drug-likeness (QED) is 0.512. The third-order valence-corrected chi connectivity index (χ3v) is 5.65. The predicted molar refractivity (Wildman–Crippen MR) is 115 cm³/mol. The van der Waals surface area contributed by atoms with Crippen molar-refractivity contribution in [2.75, 3.05) is 15.8 Å². The first-order valence-electron chi connectivity index (χ1n) is 9.69. The van der Waals surface area contributed by atoms with Gasteiger partial charge in [0.2, 0.25) is 21.8 Å². The molecule has 0 saturated heterocycles. The Balaban J connectivity index is 1.44. The molecule has 10 heteroatoms. The van der Waals surface area contributed by atoms with Crippen molar-refractivity contribution in [2.24, 2.45) is 0 Å². The Hall–Kier alpha value is -3.27. The molecule has 3 aromatic rings. The second-order valence-electron chi connectivity index (χ2n) is 6.72. The molecule has 1 aromatic heterocycles. The second-order valence-corrected chi connectivity index (χ2v) is 8.57. The van der Waals surface area contributed by atoms with Gasteiger partial charge in [0, 0.05) is 23.4 Å². The maximum absolute atomic E-state index is 12.1. The zero-order chi connectivity index (χ0) is 21.4. The summed E-state index contributed by atoms with van der Waals surface area (Å²) >= 11 is 0. The van der Waals surface area contributed by atoms with E-state index in [-0.39, 0.29) is 11.7 Å². The van der Waals surface area contributed by atoms with Crippen LogP contribution in [-0.4, -0.2) is 40.3 Å². The molecule has 9 nitrogen and oxygen atoms in total. The Morgan fingerprint density at radius 1 is 1.03 bits per heavy atom. The molecule has 1 amide bonds. The molecule has 0 radical (unpaired) electrons. The van der Waals surface area contributed by atoms with Crippen LogP contribution >= 0.6 is 0 Å². The summed E-state index contributed by atoms with van der Waals surface area (Å²) in [4.78, 5) is 13.6. The van der Waals surface area contributed by atoms with Gasteiger partial charge < -0.3 is 5.32 Å². The molecule has 2 aromatic carbocycles. The number of carbonyl (C=O) groups excluding carboxylic acids is 1. The Morgan fingerprint density at radius 3 is 2.43 bits per heavy atom. The minimum absolute atomic E-state index is 0.0684. The average molecular weight is 429 g/mol. The number of rotatable bonds is 10. The van der Waals surface area contributed by atoms with Gasteiger partial charge in [-0.3, -0.25) is 9.52 Å². The van der Waals surface area contributed by atoms with Gasteiger partial charge in [-0.05, 0) is 42.3 Å². The van der Waals surface area contributed by atoms with Crippen LogP contribution in [0.15, 0.2) is 54.6 Å². The minimum Gasteiger partial charge on any atom is -0.326 e. The molecule has 0 saturated carbocycles. The van der Waals surface area contributed by atoms with Gasteiger partial charge in [-0.15, -0.1) is 10.2 Å². The monoisotopic (exact) mass is 428 g/mol. The lowest BCUT2D eigenvalue weighted by Gasteiger charge is -2.09. The Bertz CT molecular complexity index is 1070. The number of sulfonamides is 1. The Kier molecular flexibility index (Phi) is 7.12. The van der Waals surface area contributed by atoms with Gasteiger partial charge in [-0.2, -0.15) is 4.80 Å². The van der Waals surface area contributed by atoms with E-state index in [1.165, 1.54) is 4.80 Å². The van der Waals surface area contributed by atoms with Crippen LogP contribution in [0.25, 0.3) is 11.4 Å². The molecule has 30 heavy (non-hydrogen) atoms. The molecule has 0 aliphatic heterocycles. The number of carbonyl (C=O) groups is 1. The highest BCUT2D eigenvalue weighted by Crippen LogP contribution is 2.16. The zero-order valence-electron chi connectivity index (χ0n) is 16.7. The van der Waals surface area contributed by atoms with Crippen molar-refractivity contribution in [1.29, 1.82) is 0 Å². The highest BCUT2D eigenvalue weighted by molar-refractivity contribution is 7.92. The van der Waals surface area contributed by atoms with Crippen LogP contribution < -0.4 is 10.0 Å². The molecule has 0 aliphatic rings. The SMILES string of the molecule is CCCS(=O)(=O)Nc1ccc(NC(=O)CCCn2nnc(-c3ccccc3)n2)cc1. The number of aromatic nitrogens is 4. The first-order chi connectivity index (χ1) is 14.4. The van der Waals surface area contributed by atoms with E-state index in [4.69, 9.17) is 0 Å². The number of tetrazole rings is 1. The molecule has 0 aliphatic carbocycles. The fourth-order valence-electron chi connectivity index (χ4n) is 2.77. The number of anilines is 2. The summed E-state index contributed by atoms with van der Waals surface area (Å²) in [6.07, 6.45) is 1.40. The van der Waals surface area contributed by atoms with Crippen LogP contribution in [0.5, 0.6) is 0 Å². The van der Waals surface area contributed by atoms with E-state index in [0.717, 1.165) is 5.56 Å². The molecule has 0 atom stereocenters. The summed E-state index contributed by atoms with van der Waals surface area (Å²) in [6, 6.07) is 16.1. The van der Waals surface area contributed by atoms with Gasteiger partial charge >= 0.3 is 0 Å². The lowest BCUT2D eigenvalue weighted by atomic mass is 10.2. The summed E-state index contributed by atoms with van der Waals surface area (Å²) in [5.41, 5.74) is 1.96. The van der Waals surface area contributed by atoms with E-state index >= 15 is 0 Å². The third-order valence-electron chi connectivity index (χ3n) is 4.16. The molecule has 2 N–H and O–H groups in total. The number of hydrogen-bond acceptors (Lipinski definition) is 6. The van der Waals surface area contributed by atoms with Gasteiger partial charge in [0.05, 0.1) is 12.3 Å². The van der Waals surface area contributed by atoms with Crippen molar-refractivity contribution in [3.63, 3.8) is 0 Å². The van der Waals surface area contributed by atoms with Crippen LogP contribution in [0.1, 0.15) is 26.2 Å². The minimum atomic E-state index is -3.33. The van der Waals surface area contributed by atoms with Crippen molar-refractivity contribution in [1.82, 2.24) is 20.2 Å². The third kappa shape index (κ3) is 6.38. The van der Waals surface area contributed by atoms with E-state index in [1.54, 1.807) is 31.2 Å². The van der Waals surface area contributed by atoms with Gasteiger partial charge in [0.1, 0.15) is 0 Å². The second kappa shape index (κ2) is 9.97. The molecule has 158 valence electrons. The molecule has 3 rings (SSSR count).